The van der Waals surface area contributed by atoms with Gasteiger partial charge in [-0.05, 0) is 19.1 Å². The molecule has 0 saturated heterocycles. The largest absolute Gasteiger partial charge is 0.460 e. The Hall–Kier alpha value is -1.18. The zero-order valence-corrected chi connectivity index (χ0v) is 5.35. The Morgan fingerprint density at radius 1 is 1.67 bits per heavy atom. The fourth-order valence-electron chi connectivity index (χ4n) is 0.607. The van der Waals surface area contributed by atoms with Crippen LogP contribution in [0.1, 0.15) is 11.5 Å². The van der Waals surface area contributed by atoms with Crippen molar-refractivity contribution in [3.63, 3.8) is 0 Å². The second-order valence-corrected chi connectivity index (χ2v) is 1.94. The zero-order valence-electron chi connectivity index (χ0n) is 5.35. The smallest absolute Gasteiger partial charge is 0.149 e. The molecule has 1 aromatic rings. The molecule has 0 spiro atoms. The minimum Gasteiger partial charge on any atom is -0.460 e. The van der Waals surface area contributed by atoms with Crippen LogP contribution in [0.3, 0.4) is 0 Å². The average Bonchev–Trinajstić information content (AvgIpc) is 2.14. The van der Waals surface area contributed by atoms with Crippen LogP contribution in [-0.4, -0.2) is 0 Å². The van der Waals surface area contributed by atoms with E-state index >= 15 is 0 Å². The third-order valence-electron chi connectivity index (χ3n) is 1.06. The van der Waals surface area contributed by atoms with Gasteiger partial charge in [-0.3, -0.25) is 0 Å². The van der Waals surface area contributed by atoms with Crippen molar-refractivity contribution in [2.24, 2.45) is 5.73 Å². The van der Waals surface area contributed by atoms with Gasteiger partial charge in [-0.25, -0.2) is 0 Å². The Kier molecular flexibility index (Phi) is 1.30. The molecule has 0 atom stereocenters. The van der Waals surface area contributed by atoms with Gasteiger partial charge in [-0.2, -0.15) is 0 Å². The first-order valence-electron chi connectivity index (χ1n) is 2.71. The first-order valence-corrected chi connectivity index (χ1v) is 2.71. The van der Waals surface area contributed by atoms with E-state index in [-0.39, 0.29) is 0 Å². The van der Waals surface area contributed by atoms with Crippen molar-refractivity contribution in [3.8, 4) is 0 Å². The SMILES string of the molecule is C=C(N)c1ccc(C)o1. The van der Waals surface area contributed by atoms with E-state index in [4.69, 9.17) is 10.2 Å². The van der Waals surface area contributed by atoms with Gasteiger partial charge in [0.15, 0.2) is 0 Å². The van der Waals surface area contributed by atoms with E-state index in [1.807, 2.05) is 13.0 Å². The maximum absolute atomic E-state index is 5.34. The van der Waals surface area contributed by atoms with E-state index in [0.717, 1.165) is 5.76 Å². The van der Waals surface area contributed by atoms with Crippen LogP contribution >= 0.6 is 0 Å². The Bertz CT molecular complexity index is 225. The van der Waals surface area contributed by atoms with Crippen molar-refractivity contribution >= 4 is 5.70 Å². The average molecular weight is 123 g/mol. The fourth-order valence-corrected chi connectivity index (χ4v) is 0.607. The molecule has 0 saturated carbocycles. The molecule has 48 valence electrons. The molecular weight excluding hydrogens is 114 g/mol. The molecule has 2 nitrogen and oxygen atoms in total. The van der Waals surface area contributed by atoms with Crippen molar-refractivity contribution in [1.82, 2.24) is 0 Å². The van der Waals surface area contributed by atoms with E-state index in [0.29, 0.717) is 11.5 Å². The van der Waals surface area contributed by atoms with Gasteiger partial charge in [0.2, 0.25) is 0 Å². The molecule has 2 heteroatoms. The quantitative estimate of drug-likeness (QED) is 0.614. The molecule has 1 rings (SSSR count). The number of hydrogen-bond donors (Lipinski definition) is 1. The first kappa shape index (κ1) is 5.95. The summed E-state index contributed by atoms with van der Waals surface area (Å²) >= 11 is 0. The molecule has 1 heterocycles. The summed E-state index contributed by atoms with van der Waals surface area (Å²) in [7, 11) is 0. The molecule has 0 radical (unpaired) electrons. The summed E-state index contributed by atoms with van der Waals surface area (Å²) in [4.78, 5) is 0. The van der Waals surface area contributed by atoms with Gasteiger partial charge in [-0.15, -0.1) is 0 Å². The molecule has 0 bridgehead atoms. The lowest BCUT2D eigenvalue weighted by molar-refractivity contribution is 0.521. The highest BCUT2D eigenvalue weighted by Gasteiger charge is 1.96. The number of nitrogens with two attached hydrogens (primary N) is 1. The normalized spacial score (nSPS) is 9.44. The highest BCUT2D eigenvalue weighted by molar-refractivity contribution is 5.54. The predicted molar refractivity (Wildman–Crippen MR) is 36.7 cm³/mol. The first-order chi connectivity index (χ1) is 4.20. The number of furan rings is 1. The minimum absolute atomic E-state index is 0.475. The van der Waals surface area contributed by atoms with Crippen LogP contribution in [0.25, 0.3) is 5.70 Å². The van der Waals surface area contributed by atoms with E-state index in [9.17, 15) is 0 Å². The second kappa shape index (κ2) is 1.97. The molecule has 0 amide bonds. The van der Waals surface area contributed by atoms with Crippen LogP contribution in [0.4, 0.5) is 0 Å². The van der Waals surface area contributed by atoms with Crippen molar-refractivity contribution < 1.29 is 4.42 Å². The summed E-state index contributed by atoms with van der Waals surface area (Å²) in [5, 5.41) is 0. The molecule has 0 unspecified atom stereocenters. The molecule has 0 aliphatic heterocycles. The Balaban J connectivity index is 2.98. The van der Waals surface area contributed by atoms with Gasteiger partial charge in [0.25, 0.3) is 0 Å². The molecular formula is C7H9NO. The Labute approximate surface area is 54.0 Å². The van der Waals surface area contributed by atoms with E-state index in [1.165, 1.54) is 0 Å². The van der Waals surface area contributed by atoms with Crippen molar-refractivity contribution in [2.45, 2.75) is 6.92 Å². The molecule has 2 N–H and O–H groups in total. The maximum Gasteiger partial charge on any atom is 0.149 e. The summed E-state index contributed by atoms with van der Waals surface area (Å²) in [5.74, 6) is 1.52. The van der Waals surface area contributed by atoms with Crippen LogP contribution in [0.15, 0.2) is 23.1 Å². The topological polar surface area (TPSA) is 39.2 Å². The molecule has 1 aromatic heterocycles. The summed E-state index contributed by atoms with van der Waals surface area (Å²) < 4.78 is 5.12. The Morgan fingerprint density at radius 3 is 2.56 bits per heavy atom. The highest BCUT2D eigenvalue weighted by atomic mass is 16.3. The lowest BCUT2D eigenvalue weighted by Gasteiger charge is -1.89. The number of aryl methyl sites for hydroxylation is 1. The Morgan fingerprint density at radius 2 is 2.33 bits per heavy atom. The lowest BCUT2D eigenvalue weighted by Crippen LogP contribution is -1.90. The van der Waals surface area contributed by atoms with Gasteiger partial charge in [0.1, 0.15) is 11.5 Å². The van der Waals surface area contributed by atoms with E-state index in [1.54, 1.807) is 6.07 Å². The van der Waals surface area contributed by atoms with Crippen molar-refractivity contribution in [3.05, 3.63) is 30.2 Å². The lowest BCUT2D eigenvalue weighted by atomic mass is 10.4. The third-order valence-corrected chi connectivity index (χ3v) is 1.06. The molecule has 0 aliphatic rings. The van der Waals surface area contributed by atoms with Crippen molar-refractivity contribution in [2.75, 3.05) is 0 Å². The number of rotatable bonds is 1. The van der Waals surface area contributed by atoms with E-state index < -0.39 is 0 Å². The summed E-state index contributed by atoms with van der Waals surface area (Å²) in [5.41, 5.74) is 5.81. The second-order valence-electron chi connectivity index (χ2n) is 1.94. The summed E-state index contributed by atoms with van der Waals surface area (Å²) in [6, 6.07) is 3.66. The number of hydrogen-bond acceptors (Lipinski definition) is 2. The molecule has 0 aliphatic carbocycles. The monoisotopic (exact) mass is 123 g/mol. The van der Waals surface area contributed by atoms with Crippen LogP contribution in [0, 0.1) is 6.92 Å². The standard InChI is InChI=1S/C7H9NO/c1-5-3-4-7(9-5)6(2)8/h3-4H,2,8H2,1H3. The maximum atomic E-state index is 5.34. The summed E-state index contributed by atoms with van der Waals surface area (Å²) in [6.07, 6.45) is 0. The third kappa shape index (κ3) is 1.13. The molecule has 0 aromatic carbocycles. The molecule has 9 heavy (non-hydrogen) atoms. The minimum atomic E-state index is 0.475. The highest BCUT2D eigenvalue weighted by Crippen LogP contribution is 2.10. The van der Waals surface area contributed by atoms with Crippen LogP contribution in [0.2, 0.25) is 0 Å². The van der Waals surface area contributed by atoms with Crippen LogP contribution in [0.5, 0.6) is 0 Å². The molecule has 0 fully saturated rings. The summed E-state index contributed by atoms with van der Waals surface area (Å²) in [6.45, 7) is 5.39. The van der Waals surface area contributed by atoms with Gasteiger partial charge in [0, 0.05) is 0 Å². The van der Waals surface area contributed by atoms with E-state index in [2.05, 4.69) is 6.58 Å². The van der Waals surface area contributed by atoms with Gasteiger partial charge in [0.05, 0.1) is 5.70 Å². The van der Waals surface area contributed by atoms with Gasteiger partial charge >= 0.3 is 0 Å². The predicted octanol–water partition coefficient (Wildman–Crippen LogP) is 1.52. The zero-order chi connectivity index (χ0) is 6.85. The fraction of sp³-hybridized carbons (Fsp3) is 0.143. The van der Waals surface area contributed by atoms with Gasteiger partial charge in [-0.1, -0.05) is 6.58 Å². The van der Waals surface area contributed by atoms with Crippen LogP contribution < -0.4 is 5.73 Å². The van der Waals surface area contributed by atoms with Crippen LogP contribution in [-0.2, 0) is 0 Å². The van der Waals surface area contributed by atoms with Gasteiger partial charge < -0.3 is 10.2 Å². The van der Waals surface area contributed by atoms with Crippen molar-refractivity contribution in [1.29, 1.82) is 0 Å².